The molecular formula is C20H22FN. The highest BCUT2D eigenvalue weighted by Gasteiger charge is 2.28. The van der Waals surface area contributed by atoms with Crippen molar-refractivity contribution in [1.29, 1.82) is 0 Å². The zero-order chi connectivity index (χ0) is 15.4. The average Bonchev–Trinajstić information content (AvgIpc) is 2.55. The van der Waals surface area contributed by atoms with Gasteiger partial charge in [-0.15, -0.1) is 0 Å². The van der Waals surface area contributed by atoms with Gasteiger partial charge in [0.05, 0.1) is 6.04 Å². The van der Waals surface area contributed by atoms with E-state index < -0.39 is 0 Å². The van der Waals surface area contributed by atoms with Gasteiger partial charge in [0.1, 0.15) is 5.83 Å². The van der Waals surface area contributed by atoms with Gasteiger partial charge in [0, 0.05) is 6.42 Å². The lowest BCUT2D eigenvalue weighted by atomic mass is 9.80. The first-order valence-corrected chi connectivity index (χ1v) is 8.02. The van der Waals surface area contributed by atoms with Gasteiger partial charge in [-0.3, -0.25) is 0 Å². The number of hydrogen-bond acceptors (Lipinski definition) is 1. The van der Waals surface area contributed by atoms with Gasteiger partial charge in [-0.25, -0.2) is 4.39 Å². The smallest absolute Gasteiger partial charge is 0.101 e. The van der Waals surface area contributed by atoms with E-state index in [9.17, 15) is 4.39 Å². The number of rotatable bonds is 4. The van der Waals surface area contributed by atoms with Crippen LogP contribution >= 0.6 is 0 Å². The molecule has 0 aromatic heterocycles. The SMILES string of the molecule is CCC=CCC1CC(F)=CC=C1C1NC=Cc2ccccc21. The molecular weight excluding hydrogens is 273 g/mol. The molecule has 1 aliphatic carbocycles. The van der Waals surface area contributed by atoms with Crippen LogP contribution in [0, 0.1) is 5.92 Å². The Labute approximate surface area is 131 Å². The Morgan fingerprint density at radius 2 is 2.09 bits per heavy atom. The molecule has 22 heavy (non-hydrogen) atoms. The predicted molar refractivity (Wildman–Crippen MR) is 90.8 cm³/mol. The van der Waals surface area contributed by atoms with Gasteiger partial charge < -0.3 is 5.32 Å². The van der Waals surface area contributed by atoms with Crippen molar-refractivity contribution >= 4 is 6.08 Å². The summed E-state index contributed by atoms with van der Waals surface area (Å²) in [7, 11) is 0. The fraction of sp³-hybridized carbons (Fsp3) is 0.300. The van der Waals surface area contributed by atoms with Crippen LogP contribution in [0.4, 0.5) is 4.39 Å². The summed E-state index contributed by atoms with van der Waals surface area (Å²) in [6, 6.07) is 8.56. The molecule has 114 valence electrons. The van der Waals surface area contributed by atoms with E-state index in [0.29, 0.717) is 6.42 Å². The van der Waals surface area contributed by atoms with Crippen LogP contribution in [0.5, 0.6) is 0 Å². The van der Waals surface area contributed by atoms with Gasteiger partial charge in [-0.2, -0.15) is 0 Å². The normalized spacial score (nSPS) is 23.7. The average molecular weight is 295 g/mol. The number of fused-ring (bicyclic) bond motifs is 1. The lowest BCUT2D eigenvalue weighted by Gasteiger charge is -2.32. The van der Waals surface area contributed by atoms with Gasteiger partial charge in [-0.1, -0.05) is 49.4 Å². The quantitative estimate of drug-likeness (QED) is 0.727. The highest BCUT2D eigenvalue weighted by Crippen LogP contribution is 2.39. The Bertz CT molecular complexity index is 651. The first-order chi connectivity index (χ1) is 10.8. The van der Waals surface area contributed by atoms with Crippen molar-refractivity contribution in [1.82, 2.24) is 5.32 Å². The van der Waals surface area contributed by atoms with Crippen molar-refractivity contribution in [2.45, 2.75) is 32.2 Å². The van der Waals surface area contributed by atoms with E-state index in [4.69, 9.17) is 0 Å². The summed E-state index contributed by atoms with van der Waals surface area (Å²) in [5.41, 5.74) is 3.79. The van der Waals surface area contributed by atoms with Crippen LogP contribution in [0.3, 0.4) is 0 Å². The van der Waals surface area contributed by atoms with E-state index in [1.54, 1.807) is 6.08 Å². The molecule has 2 atom stereocenters. The molecule has 2 heteroatoms. The third kappa shape index (κ3) is 3.06. The molecule has 1 aromatic rings. The Hall–Kier alpha value is -2.09. The summed E-state index contributed by atoms with van der Waals surface area (Å²) in [6.07, 6.45) is 14.5. The van der Waals surface area contributed by atoms with Crippen LogP contribution in [-0.4, -0.2) is 0 Å². The van der Waals surface area contributed by atoms with E-state index in [-0.39, 0.29) is 17.8 Å². The topological polar surface area (TPSA) is 12.0 Å². The maximum atomic E-state index is 13.7. The number of benzene rings is 1. The molecule has 3 rings (SSSR count). The highest BCUT2D eigenvalue weighted by molar-refractivity contribution is 5.59. The van der Waals surface area contributed by atoms with Crippen LogP contribution < -0.4 is 5.32 Å². The summed E-state index contributed by atoms with van der Waals surface area (Å²) >= 11 is 0. The Morgan fingerprint density at radius 1 is 1.23 bits per heavy atom. The molecule has 0 radical (unpaired) electrons. The second-order valence-electron chi connectivity index (χ2n) is 5.86. The van der Waals surface area contributed by atoms with E-state index >= 15 is 0 Å². The van der Waals surface area contributed by atoms with Crippen LogP contribution in [0.2, 0.25) is 0 Å². The largest absolute Gasteiger partial charge is 0.380 e. The van der Waals surface area contributed by atoms with Gasteiger partial charge in [0.2, 0.25) is 0 Å². The minimum absolute atomic E-state index is 0.0155. The zero-order valence-electron chi connectivity index (χ0n) is 12.9. The molecule has 1 aliphatic heterocycles. The molecule has 1 nitrogen and oxygen atoms in total. The third-order valence-electron chi connectivity index (χ3n) is 4.36. The second kappa shape index (κ2) is 6.78. The molecule has 0 bridgehead atoms. The van der Waals surface area contributed by atoms with E-state index in [0.717, 1.165) is 12.8 Å². The number of nitrogens with one attached hydrogen (secondary N) is 1. The molecule has 0 amide bonds. The molecule has 0 saturated heterocycles. The lowest BCUT2D eigenvalue weighted by molar-refractivity contribution is 0.467. The fourth-order valence-electron chi connectivity index (χ4n) is 3.25. The van der Waals surface area contributed by atoms with Crippen molar-refractivity contribution in [3.8, 4) is 0 Å². The van der Waals surface area contributed by atoms with Crippen LogP contribution in [0.15, 0.2) is 66.2 Å². The van der Waals surface area contributed by atoms with Crippen molar-refractivity contribution in [2.75, 3.05) is 0 Å². The van der Waals surface area contributed by atoms with Gasteiger partial charge >= 0.3 is 0 Å². The van der Waals surface area contributed by atoms with Crippen LogP contribution in [0.1, 0.15) is 43.4 Å². The predicted octanol–water partition coefficient (Wildman–Crippen LogP) is 5.46. The van der Waals surface area contributed by atoms with E-state index in [1.165, 1.54) is 16.7 Å². The van der Waals surface area contributed by atoms with Crippen molar-refractivity contribution in [3.63, 3.8) is 0 Å². The van der Waals surface area contributed by atoms with Crippen molar-refractivity contribution < 1.29 is 4.39 Å². The summed E-state index contributed by atoms with van der Waals surface area (Å²) < 4.78 is 13.7. The van der Waals surface area contributed by atoms with Crippen molar-refractivity contribution in [3.05, 3.63) is 77.3 Å². The minimum Gasteiger partial charge on any atom is -0.380 e. The Balaban J connectivity index is 1.91. The van der Waals surface area contributed by atoms with Crippen molar-refractivity contribution in [2.24, 2.45) is 5.92 Å². The van der Waals surface area contributed by atoms with Crippen LogP contribution in [0.25, 0.3) is 6.08 Å². The third-order valence-corrected chi connectivity index (χ3v) is 4.36. The first kappa shape index (κ1) is 14.8. The number of hydrogen-bond donors (Lipinski definition) is 1. The fourth-order valence-corrected chi connectivity index (χ4v) is 3.25. The first-order valence-electron chi connectivity index (χ1n) is 8.02. The molecule has 1 N–H and O–H groups in total. The zero-order valence-corrected chi connectivity index (χ0v) is 12.9. The monoisotopic (exact) mass is 295 g/mol. The van der Waals surface area contributed by atoms with Gasteiger partial charge in [0.15, 0.2) is 0 Å². The molecule has 0 saturated carbocycles. The minimum atomic E-state index is -0.0155. The highest BCUT2D eigenvalue weighted by atomic mass is 19.1. The number of allylic oxidation sites excluding steroid dienone is 5. The standard InChI is InChI=1S/C20H22FN/c1-2-3-4-8-16-14-17(21)10-11-19(16)20-18-9-6-5-7-15(18)12-13-22-20/h3-7,9-13,16,20,22H,2,8,14H2,1H3. The summed E-state index contributed by atoms with van der Waals surface area (Å²) in [5, 5.41) is 3.46. The Kier molecular flexibility index (Phi) is 4.57. The molecule has 0 fully saturated rings. The van der Waals surface area contributed by atoms with Gasteiger partial charge in [0.25, 0.3) is 0 Å². The van der Waals surface area contributed by atoms with E-state index in [2.05, 4.69) is 54.7 Å². The molecule has 2 aliphatic rings. The maximum absolute atomic E-state index is 13.7. The van der Waals surface area contributed by atoms with E-state index in [1.807, 2.05) is 12.3 Å². The molecule has 1 heterocycles. The second-order valence-corrected chi connectivity index (χ2v) is 5.86. The summed E-state index contributed by atoms with van der Waals surface area (Å²) in [6.45, 7) is 2.12. The summed E-state index contributed by atoms with van der Waals surface area (Å²) in [4.78, 5) is 0. The van der Waals surface area contributed by atoms with Crippen LogP contribution in [-0.2, 0) is 0 Å². The lowest BCUT2D eigenvalue weighted by Crippen LogP contribution is -2.26. The molecule has 0 spiro atoms. The number of halogens is 1. The molecule has 1 aromatic carbocycles. The summed E-state index contributed by atoms with van der Waals surface area (Å²) in [5.74, 6) is 0.211. The Morgan fingerprint density at radius 3 is 2.95 bits per heavy atom. The van der Waals surface area contributed by atoms with Gasteiger partial charge in [-0.05, 0) is 53.8 Å². The maximum Gasteiger partial charge on any atom is 0.101 e. The molecule has 2 unspecified atom stereocenters.